The van der Waals surface area contributed by atoms with Gasteiger partial charge in [-0.2, -0.15) is 5.10 Å². The summed E-state index contributed by atoms with van der Waals surface area (Å²) in [5.41, 5.74) is 4.24. The van der Waals surface area contributed by atoms with Crippen molar-refractivity contribution < 1.29 is 4.92 Å². The van der Waals surface area contributed by atoms with Gasteiger partial charge in [-0.25, -0.2) is 4.68 Å². The van der Waals surface area contributed by atoms with Crippen molar-refractivity contribution in [3.8, 4) is 16.9 Å². The summed E-state index contributed by atoms with van der Waals surface area (Å²) < 4.78 is 1.77. The predicted octanol–water partition coefficient (Wildman–Crippen LogP) is 5.81. The highest BCUT2D eigenvalue weighted by Gasteiger charge is 2.24. The number of non-ortho nitro benzene ring substituents is 1. The second-order valence-corrected chi connectivity index (χ2v) is 7.67. The van der Waals surface area contributed by atoms with Crippen LogP contribution in [0.1, 0.15) is 24.0 Å². The molecule has 0 fully saturated rings. The molecule has 1 aliphatic rings. The molecule has 0 unspecified atom stereocenters. The van der Waals surface area contributed by atoms with Crippen LogP contribution in [0.15, 0.2) is 36.4 Å². The molecule has 0 bridgehead atoms. The van der Waals surface area contributed by atoms with Crippen molar-refractivity contribution in [2.45, 2.75) is 26.2 Å². The Labute approximate surface area is 172 Å². The van der Waals surface area contributed by atoms with Crippen LogP contribution in [-0.4, -0.2) is 21.2 Å². The van der Waals surface area contributed by atoms with E-state index in [1.807, 2.05) is 13.0 Å². The van der Waals surface area contributed by atoms with Gasteiger partial charge in [0.2, 0.25) is 0 Å². The summed E-state index contributed by atoms with van der Waals surface area (Å²) in [6, 6.07) is 10.2. The number of fused-ring (bicyclic) bond motifs is 1. The molecule has 2 aromatic carbocycles. The number of nitro benzene ring substituents is 1. The number of benzene rings is 2. The molecule has 1 aliphatic heterocycles. The minimum atomic E-state index is -0.393. The van der Waals surface area contributed by atoms with Crippen LogP contribution in [-0.2, 0) is 6.42 Å². The minimum Gasteiger partial charge on any atom is -0.370 e. The van der Waals surface area contributed by atoms with Crippen LogP contribution in [0.4, 0.5) is 11.5 Å². The molecule has 2 heterocycles. The quantitative estimate of drug-likeness (QED) is 0.431. The zero-order chi connectivity index (χ0) is 19.8. The second-order valence-electron chi connectivity index (χ2n) is 6.82. The maximum absolute atomic E-state index is 11.3. The van der Waals surface area contributed by atoms with Crippen LogP contribution in [0.2, 0.25) is 10.0 Å². The van der Waals surface area contributed by atoms with E-state index in [1.54, 1.807) is 28.9 Å². The lowest BCUT2D eigenvalue weighted by Crippen LogP contribution is -2.08. The molecule has 144 valence electrons. The second kappa shape index (κ2) is 7.45. The minimum absolute atomic E-state index is 0.0320. The molecule has 1 N–H and O–H groups in total. The zero-order valence-electron chi connectivity index (χ0n) is 15.2. The Morgan fingerprint density at radius 3 is 2.75 bits per heavy atom. The first kappa shape index (κ1) is 18.8. The fourth-order valence-corrected chi connectivity index (χ4v) is 4.01. The summed E-state index contributed by atoms with van der Waals surface area (Å²) in [5, 5.41) is 20.6. The van der Waals surface area contributed by atoms with Crippen molar-refractivity contribution in [1.29, 1.82) is 0 Å². The Morgan fingerprint density at radius 2 is 2.00 bits per heavy atom. The smallest absolute Gasteiger partial charge is 0.271 e. The fourth-order valence-electron chi connectivity index (χ4n) is 3.51. The van der Waals surface area contributed by atoms with Crippen molar-refractivity contribution >= 4 is 34.7 Å². The third kappa shape index (κ3) is 3.34. The van der Waals surface area contributed by atoms with Crippen molar-refractivity contribution in [2.75, 3.05) is 11.9 Å². The van der Waals surface area contributed by atoms with E-state index in [0.29, 0.717) is 15.7 Å². The molecule has 0 radical (unpaired) electrons. The number of rotatable bonds is 3. The number of anilines is 1. The highest BCUT2D eigenvalue weighted by molar-refractivity contribution is 6.36. The Kier molecular flexibility index (Phi) is 5.00. The highest BCUT2D eigenvalue weighted by Crippen LogP contribution is 2.38. The zero-order valence-corrected chi connectivity index (χ0v) is 16.7. The first-order valence-corrected chi connectivity index (χ1v) is 9.78. The van der Waals surface area contributed by atoms with E-state index in [0.717, 1.165) is 54.0 Å². The summed E-state index contributed by atoms with van der Waals surface area (Å²) >= 11 is 12.5. The molecule has 0 amide bonds. The van der Waals surface area contributed by atoms with Gasteiger partial charge in [-0.3, -0.25) is 10.1 Å². The molecule has 8 heteroatoms. The van der Waals surface area contributed by atoms with Crippen molar-refractivity contribution in [3.63, 3.8) is 0 Å². The van der Waals surface area contributed by atoms with Crippen LogP contribution in [0.5, 0.6) is 0 Å². The lowest BCUT2D eigenvalue weighted by Gasteiger charge is -2.11. The number of aromatic nitrogens is 2. The first-order chi connectivity index (χ1) is 13.5. The molecule has 0 aliphatic carbocycles. The van der Waals surface area contributed by atoms with Gasteiger partial charge in [0.1, 0.15) is 5.82 Å². The highest BCUT2D eigenvalue weighted by atomic mass is 35.5. The van der Waals surface area contributed by atoms with E-state index in [2.05, 4.69) is 5.32 Å². The number of hydrogen-bond acceptors (Lipinski definition) is 4. The van der Waals surface area contributed by atoms with Gasteiger partial charge in [0.25, 0.3) is 5.69 Å². The molecule has 0 saturated carbocycles. The van der Waals surface area contributed by atoms with Crippen molar-refractivity contribution in [2.24, 2.45) is 0 Å². The SMILES string of the molecule is Cc1ccc([N+](=O)[O-])cc1-n1nc(-c2ccc(Cl)cc2Cl)c2c1NCCCC2. The lowest BCUT2D eigenvalue weighted by molar-refractivity contribution is -0.384. The number of nitro groups is 1. The Morgan fingerprint density at radius 1 is 1.18 bits per heavy atom. The maximum atomic E-state index is 11.3. The van der Waals surface area contributed by atoms with Gasteiger partial charge in [-0.15, -0.1) is 0 Å². The molecule has 0 spiro atoms. The number of halogens is 2. The number of nitrogens with one attached hydrogen (secondary N) is 1. The molecule has 0 atom stereocenters. The number of hydrogen-bond donors (Lipinski definition) is 1. The summed E-state index contributed by atoms with van der Waals surface area (Å²) in [6.07, 6.45) is 2.92. The number of aryl methyl sites for hydroxylation is 1. The molecule has 3 aromatic rings. The van der Waals surface area contributed by atoms with Gasteiger partial charge in [0.05, 0.1) is 21.3 Å². The topological polar surface area (TPSA) is 73.0 Å². The van der Waals surface area contributed by atoms with Crippen LogP contribution in [0, 0.1) is 17.0 Å². The average Bonchev–Trinajstić information content (AvgIpc) is 2.84. The van der Waals surface area contributed by atoms with Gasteiger partial charge in [-0.05, 0) is 49.9 Å². The molecule has 28 heavy (non-hydrogen) atoms. The van der Waals surface area contributed by atoms with Crippen molar-refractivity contribution in [3.05, 3.63) is 67.7 Å². The summed E-state index contributed by atoms with van der Waals surface area (Å²) in [6.45, 7) is 2.74. The van der Waals surface area contributed by atoms with Crippen LogP contribution >= 0.6 is 23.2 Å². The van der Waals surface area contributed by atoms with Crippen LogP contribution in [0.25, 0.3) is 16.9 Å². The largest absolute Gasteiger partial charge is 0.370 e. The summed E-state index contributed by atoms with van der Waals surface area (Å²) in [4.78, 5) is 10.9. The Balaban J connectivity index is 1.96. The monoisotopic (exact) mass is 416 g/mol. The van der Waals surface area contributed by atoms with E-state index in [-0.39, 0.29) is 5.69 Å². The maximum Gasteiger partial charge on any atom is 0.271 e. The van der Waals surface area contributed by atoms with E-state index in [9.17, 15) is 10.1 Å². The molecular formula is C20H18Cl2N4O2. The number of nitrogens with zero attached hydrogens (tertiary/aromatic N) is 3. The van der Waals surface area contributed by atoms with Gasteiger partial charge in [0.15, 0.2) is 0 Å². The van der Waals surface area contributed by atoms with Gasteiger partial charge < -0.3 is 5.32 Å². The lowest BCUT2D eigenvalue weighted by atomic mass is 10.0. The molecule has 4 rings (SSSR count). The van der Waals surface area contributed by atoms with E-state index in [4.69, 9.17) is 28.3 Å². The fraction of sp³-hybridized carbons (Fsp3) is 0.250. The first-order valence-electron chi connectivity index (χ1n) is 9.02. The molecule has 0 saturated heterocycles. The average molecular weight is 417 g/mol. The third-order valence-electron chi connectivity index (χ3n) is 4.95. The van der Waals surface area contributed by atoms with Gasteiger partial charge in [0, 0.05) is 34.8 Å². The van der Waals surface area contributed by atoms with Crippen LogP contribution < -0.4 is 5.32 Å². The summed E-state index contributed by atoms with van der Waals surface area (Å²) in [5.74, 6) is 0.863. The van der Waals surface area contributed by atoms with Gasteiger partial charge >= 0.3 is 0 Å². The van der Waals surface area contributed by atoms with E-state index < -0.39 is 4.92 Å². The molecule has 1 aromatic heterocycles. The molecular weight excluding hydrogens is 399 g/mol. The van der Waals surface area contributed by atoms with Crippen molar-refractivity contribution in [1.82, 2.24) is 9.78 Å². The molecule has 6 nitrogen and oxygen atoms in total. The normalized spacial score (nSPS) is 13.5. The van der Waals surface area contributed by atoms with Crippen LogP contribution in [0.3, 0.4) is 0 Å². The Bertz CT molecular complexity index is 1080. The van der Waals surface area contributed by atoms with E-state index in [1.165, 1.54) is 6.07 Å². The predicted molar refractivity (Wildman–Crippen MR) is 112 cm³/mol. The van der Waals surface area contributed by atoms with Gasteiger partial charge in [-0.1, -0.05) is 29.3 Å². The van der Waals surface area contributed by atoms with E-state index >= 15 is 0 Å². The summed E-state index contributed by atoms with van der Waals surface area (Å²) in [7, 11) is 0. The third-order valence-corrected chi connectivity index (χ3v) is 5.50. The standard InChI is InChI=1S/C20H18Cl2N4O2/c1-12-5-7-14(26(27)28)11-18(12)25-20-16(4-2-3-9-23-20)19(24-25)15-8-6-13(21)10-17(15)22/h5-8,10-11,23H,2-4,9H2,1H3. The Hall–Kier alpha value is -2.57.